The van der Waals surface area contributed by atoms with Crippen molar-refractivity contribution in [2.75, 3.05) is 16.4 Å². The van der Waals surface area contributed by atoms with E-state index in [1.54, 1.807) is 0 Å². The van der Waals surface area contributed by atoms with Gasteiger partial charge in [-0.1, -0.05) is 6.07 Å². The average Bonchev–Trinajstić information content (AvgIpc) is 2.45. The molecule has 1 amide bonds. The summed E-state index contributed by atoms with van der Waals surface area (Å²) in [6.45, 7) is 2.56. The number of anilines is 3. The molecule has 1 aromatic heterocycles. The molecule has 4 N–H and O–H groups in total. The zero-order valence-electron chi connectivity index (χ0n) is 11.9. The van der Waals surface area contributed by atoms with Gasteiger partial charge in [0.25, 0.3) is 0 Å². The Kier molecular flexibility index (Phi) is 3.48. The number of benzene rings is 1. The van der Waals surface area contributed by atoms with Crippen molar-refractivity contribution in [3.05, 3.63) is 47.3 Å². The van der Waals surface area contributed by atoms with Crippen molar-refractivity contribution in [1.29, 1.82) is 0 Å². The number of aromatic nitrogens is 1. The number of pyridine rings is 1. The number of hydrogen-bond acceptors (Lipinski definition) is 4. The summed E-state index contributed by atoms with van der Waals surface area (Å²) in [5.74, 6) is 0.0542. The molecule has 0 saturated carbocycles. The number of rotatable bonds is 3. The minimum absolute atomic E-state index is 0.0542. The van der Waals surface area contributed by atoms with E-state index in [1.165, 1.54) is 0 Å². The second-order valence-corrected chi connectivity index (χ2v) is 5.27. The Labute approximate surface area is 123 Å². The van der Waals surface area contributed by atoms with Crippen LogP contribution in [0.15, 0.2) is 30.3 Å². The Morgan fingerprint density at radius 2 is 2.19 bits per heavy atom. The predicted octanol–water partition coefficient (Wildman–Crippen LogP) is 2.47. The molecule has 1 aliphatic heterocycles. The number of amides is 1. The first-order valence-corrected chi connectivity index (χ1v) is 7.00. The fourth-order valence-electron chi connectivity index (χ4n) is 2.48. The van der Waals surface area contributed by atoms with E-state index in [4.69, 9.17) is 5.73 Å². The molecule has 1 aliphatic rings. The molecule has 0 radical (unpaired) electrons. The predicted molar refractivity (Wildman–Crippen MR) is 84.1 cm³/mol. The molecular formula is C16H18N4O. The molecule has 0 spiro atoms. The number of nitrogens with two attached hydrogens (primary N) is 1. The van der Waals surface area contributed by atoms with Gasteiger partial charge in [-0.2, -0.15) is 0 Å². The maximum Gasteiger partial charge on any atom is 0.224 e. The number of aryl methyl sites for hydroxylation is 2. The monoisotopic (exact) mass is 282 g/mol. The van der Waals surface area contributed by atoms with Crippen molar-refractivity contribution in [2.45, 2.75) is 26.3 Å². The van der Waals surface area contributed by atoms with Gasteiger partial charge in [0.1, 0.15) is 0 Å². The Hall–Kier alpha value is -2.56. The van der Waals surface area contributed by atoms with Gasteiger partial charge < -0.3 is 16.4 Å². The van der Waals surface area contributed by atoms with Crippen LogP contribution >= 0.6 is 0 Å². The summed E-state index contributed by atoms with van der Waals surface area (Å²) in [7, 11) is 0. The molecule has 5 nitrogen and oxygen atoms in total. The molecule has 0 bridgehead atoms. The van der Waals surface area contributed by atoms with Crippen molar-refractivity contribution in [2.24, 2.45) is 0 Å². The summed E-state index contributed by atoms with van der Waals surface area (Å²) >= 11 is 0. The number of carbonyl (C=O) groups excluding carboxylic acids is 1. The minimum Gasteiger partial charge on any atom is -0.397 e. The van der Waals surface area contributed by atoms with Crippen LogP contribution < -0.4 is 16.4 Å². The lowest BCUT2D eigenvalue weighted by Crippen LogP contribution is -2.19. The van der Waals surface area contributed by atoms with E-state index in [9.17, 15) is 4.79 Å². The molecular weight excluding hydrogens is 264 g/mol. The van der Waals surface area contributed by atoms with E-state index in [0.717, 1.165) is 34.7 Å². The maximum absolute atomic E-state index is 11.5. The van der Waals surface area contributed by atoms with E-state index in [1.807, 2.05) is 37.3 Å². The van der Waals surface area contributed by atoms with Gasteiger partial charge in [-0.05, 0) is 43.2 Å². The summed E-state index contributed by atoms with van der Waals surface area (Å²) in [6.07, 6.45) is 1.26. The van der Waals surface area contributed by atoms with Gasteiger partial charge in [-0.3, -0.25) is 9.78 Å². The molecule has 108 valence electrons. The summed E-state index contributed by atoms with van der Waals surface area (Å²) in [6, 6.07) is 9.75. The van der Waals surface area contributed by atoms with E-state index >= 15 is 0 Å². The van der Waals surface area contributed by atoms with Gasteiger partial charge in [-0.25, -0.2) is 0 Å². The summed E-state index contributed by atoms with van der Waals surface area (Å²) in [5, 5.41) is 6.17. The third kappa shape index (κ3) is 2.97. The summed E-state index contributed by atoms with van der Waals surface area (Å²) in [4.78, 5) is 15.9. The molecule has 0 fully saturated rings. The molecule has 5 heteroatoms. The van der Waals surface area contributed by atoms with Crippen molar-refractivity contribution < 1.29 is 4.79 Å². The first kappa shape index (κ1) is 13.4. The lowest BCUT2D eigenvalue weighted by Gasteiger charge is -2.19. The molecule has 2 heterocycles. The third-order valence-electron chi connectivity index (χ3n) is 3.58. The van der Waals surface area contributed by atoms with Crippen LogP contribution in [0, 0.1) is 6.92 Å². The number of fused-ring (bicyclic) bond motifs is 1. The van der Waals surface area contributed by atoms with Crippen molar-refractivity contribution in [3.63, 3.8) is 0 Å². The van der Waals surface area contributed by atoms with Crippen LogP contribution in [0.4, 0.5) is 17.1 Å². The lowest BCUT2D eigenvalue weighted by molar-refractivity contribution is -0.116. The van der Waals surface area contributed by atoms with Gasteiger partial charge in [0.15, 0.2) is 0 Å². The summed E-state index contributed by atoms with van der Waals surface area (Å²) < 4.78 is 0. The topological polar surface area (TPSA) is 80.0 Å². The SMILES string of the molecule is Cc1cccc(CNc2cc3c(cc2N)CCC(=O)N3)n1. The van der Waals surface area contributed by atoms with Crippen LogP contribution in [0.1, 0.15) is 23.4 Å². The number of hydrogen-bond donors (Lipinski definition) is 3. The van der Waals surface area contributed by atoms with Crippen molar-refractivity contribution >= 4 is 23.0 Å². The molecule has 2 aromatic rings. The molecule has 0 atom stereocenters. The molecule has 1 aromatic carbocycles. The van der Waals surface area contributed by atoms with Crippen LogP contribution in [-0.4, -0.2) is 10.9 Å². The van der Waals surface area contributed by atoms with Crippen molar-refractivity contribution in [3.8, 4) is 0 Å². The third-order valence-corrected chi connectivity index (χ3v) is 3.58. The Morgan fingerprint density at radius 3 is 3.00 bits per heavy atom. The largest absolute Gasteiger partial charge is 0.397 e. The zero-order valence-corrected chi connectivity index (χ0v) is 11.9. The summed E-state index contributed by atoms with van der Waals surface area (Å²) in [5.41, 5.74) is 11.5. The highest BCUT2D eigenvalue weighted by atomic mass is 16.1. The van der Waals surface area contributed by atoms with Crippen LogP contribution in [0.3, 0.4) is 0 Å². The van der Waals surface area contributed by atoms with Gasteiger partial charge in [-0.15, -0.1) is 0 Å². The van der Waals surface area contributed by atoms with E-state index in [2.05, 4.69) is 15.6 Å². The molecule has 21 heavy (non-hydrogen) atoms. The highest BCUT2D eigenvalue weighted by Crippen LogP contribution is 2.31. The normalized spacial score (nSPS) is 13.5. The van der Waals surface area contributed by atoms with Crippen molar-refractivity contribution in [1.82, 2.24) is 4.98 Å². The standard InChI is InChI=1S/C16H18N4O/c1-10-3-2-4-12(19-10)9-18-15-8-14-11(7-13(15)17)5-6-16(21)20-14/h2-4,7-8,18H,5-6,9,17H2,1H3,(H,20,21). The van der Waals surface area contributed by atoms with Crippen LogP contribution in [0.5, 0.6) is 0 Å². The van der Waals surface area contributed by atoms with Gasteiger partial charge in [0.2, 0.25) is 5.91 Å². The molecule has 3 rings (SSSR count). The zero-order chi connectivity index (χ0) is 14.8. The highest BCUT2D eigenvalue weighted by Gasteiger charge is 2.16. The number of nitrogen functional groups attached to an aromatic ring is 1. The fourth-order valence-corrected chi connectivity index (χ4v) is 2.48. The van der Waals surface area contributed by atoms with Gasteiger partial charge in [0, 0.05) is 17.8 Å². The second kappa shape index (κ2) is 5.44. The molecule has 0 saturated heterocycles. The van der Waals surface area contributed by atoms with E-state index in [0.29, 0.717) is 18.7 Å². The average molecular weight is 282 g/mol. The van der Waals surface area contributed by atoms with Gasteiger partial charge in [0.05, 0.1) is 23.6 Å². The second-order valence-electron chi connectivity index (χ2n) is 5.27. The Balaban J connectivity index is 1.79. The van der Waals surface area contributed by atoms with Gasteiger partial charge >= 0.3 is 0 Å². The number of nitrogens with zero attached hydrogens (tertiary/aromatic N) is 1. The quantitative estimate of drug-likeness (QED) is 0.755. The highest BCUT2D eigenvalue weighted by molar-refractivity contribution is 5.95. The fraction of sp³-hybridized carbons (Fsp3) is 0.250. The van der Waals surface area contributed by atoms with Crippen LogP contribution in [0.2, 0.25) is 0 Å². The lowest BCUT2D eigenvalue weighted by atomic mass is 10.0. The smallest absolute Gasteiger partial charge is 0.224 e. The Morgan fingerprint density at radius 1 is 1.33 bits per heavy atom. The van der Waals surface area contributed by atoms with Crippen LogP contribution in [-0.2, 0) is 17.8 Å². The number of nitrogens with one attached hydrogen (secondary N) is 2. The first-order valence-electron chi connectivity index (χ1n) is 7.00. The number of carbonyl (C=O) groups is 1. The minimum atomic E-state index is 0.0542. The maximum atomic E-state index is 11.5. The first-order chi connectivity index (χ1) is 10.1. The van der Waals surface area contributed by atoms with E-state index in [-0.39, 0.29) is 5.91 Å². The molecule has 0 aliphatic carbocycles. The molecule has 0 unspecified atom stereocenters. The van der Waals surface area contributed by atoms with Crippen LogP contribution in [0.25, 0.3) is 0 Å². The Bertz CT molecular complexity index is 697. The van der Waals surface area contributed by atoms with E-state index < -0.39 is 0 Å².